The van der Waals surface area contributed by atoms with E-state index in [0.29, 0.717) is 5.69 Å². The Morgan fingerprint density at radius 3 is 2.32 bits per heavy atom. The van der Waals surface area contributed by atoms with Crippen molar-refractivity contribution >= 4 is 69.4 Å². The minimum Gasteiger partial charge on any atom is -0.339 e. The number of thiocarbonyl (C=S) groups is 1. The van der Waals surface area contributed by atoms with E-state index in [9.17, 15) is 14.9 Å². The molecule has 0 bridgehead atoms. The van der Waals surface area contributed by atoms with E-state index >= 15 is 0 Å². The van der Waals surface area contributed by atoms with E-state index in [-0.39, 0.29) is 16.7 Å². The number of hydrogen-bond acceptors (Lipinski definition) is 4. The van der Waals surface area contributed by atoms with Crippen LogP contribution < -0.4 is 16.0 Å². The van der Waals surface area contributed by atoms with Crippen molar-refractivity contribution in [1.29, 1.82) is 0 Å². The maximum atomic E-state index is 12.1. The number of halogens is 3. The Labute approximate surface area is 165 Å². The summed E-state index contributed by atoms with van der Waals surface area (Å²) in [5, 5.41) is 18.8. The molecule has 1 atom stereocenters. The van der Waals surface area contributed by atoms with Crippen LogP contribution in [0.3, 0.4) is 0 Å². The van der Waals surface area contributed by atoms with Gasteiger partial charge in [0, 0.05) is 23.2 Å². The molecule has 1 aromatic carbocycles. The average Bonchev–Trinajstić information content (AvgIpc) is 2.44. The number of anilines is 1. The van der Waals surface area contributed by atoms with Crippen molar-refractivity contribution in [3.63, 3.8) is 0 Å². The topological polar surface area (TPSA) is 96.3 Å². The van der Waals surface area contributed by atoms with Gasteiger partial charge in [0.1, 0.15) is 6.17 Å². The molecule has 0 saturated heterocycles. The zero-order valence-electron chi connectivity index (χ0n) is 13.6. The maximum absolute atomic E-state index is 12.1. The molecule has 11 heteroatoms. The van der Waals surface area contributed by atoms with Crippen molar-refractivity contribution < 1.29 is 9.72 Å². The number of benzene rings is 1. The van der Waals surface area contributed by atoms with Gasteiger partial charge >= 0.3 is 0 Å². The fraction of sp³-hybridized carbons (Fsp3) is 0.429. The molecule has 7 nitrogen and oxygen atoms in total. The van der Waals surface area contributed by atoms with E-state index in [2.05, 4.69) is 16.0 Å². The van der Waals surface area contributed by atoms with Gasteiger partial charge in [0.2, 0.25) is 9.70 Å². The predicted octanol–water partition coefficient (Wildman–Crippen LogP) is 3.74. The minimum atomic E-state index is -1.88. The summed E-state index contributed by atoms with van der Waals surface area (Å²) in [5.74, 6) is -0.352. The van der Waals surface area contributed by atoms with E-state index in [1.54, 1.807) is 26.8 Å². The van der Waals surface area contributed by atoms with Gasteiger partial charge < -0.3 is 16.0 Å². The first-order valence-electron chi connectivity index (χ1n) is 7.00. The minimum absolute atomic E-state index is 0.0195. The summed E-state index contributed by atoms with van der Waals surface area (Å²) in [7, 11) is 0. The standard InChI is InChI=1S/C14H17Cl3N4O3S/c1-13(2,3)11(22)19-10(14(15,16)17)20-12(25)18-8-5-4-6-9(7-8)21(23)24/h4-7,10H,1-3H3,(H,19,22)(H2,18,20,25)/t10-/m1/s1. The lowest BCUT2D eigenvalue weighted by Crippen LogP contribution is -2.58. The molecule has 0 fully saturated rings. The number of amides is 1. The Morgan fingerprint density at radius 2 is 1.84 bits per heavy atom. The van der Waals surface area contributed by atoms with Crippen LogP contribution in [0.25, 0.3) is 0 Å². The van der Waals surface area contributed by atoms with Gasteiger partial charge in [-0.3, -0.25) is 14.9 Å². The Bertz CT molecular complexity index is 674. The molecule has 0 spiro atoms. The number of rotatable bonds is 4. The van der Waals surface area contributed by atoms with Crippen molar-refractivity contribution in [3.05, 3.63) is 34.4 Å². The number of nitrogens with zero attached hydrogens (tertiary/aromatic N) is 1. The van der Waals surface area contributed by atoms with Crippen molar-refractivity contribution in [2.75, 3.05) is 5.32 Å². The molecule has 1 aromatic rings. The molecule has 0 heterocycles. The number of alkyl halides is 3. The van der Waals surface area contributed by atoms with E-state index in [1.165, 1.54) is 18.2 Å². The Kier molecular flexibility index (Phi) is 7.25. The Balaban J connectivity index is 2.84. The first kappa shape index (κ1) is 21.7. The summed E-state index contributed by atoms with van der Waals surface area (Å²) in [4.78, 5) is 22.4. The van der Waals surface area contributed by atoms with Crippen molar-refractivity contribution in [3.8, 4) is 0 Å². The molecular weight excluding hydrogens is 411 g/mol. The highest BCUT2D eigenvalue weighted by atomic mass is 35.6. The molecule has 1 rings (SSSR count). The maximum Gasteiger partial charge on any atom is 0.271 e. The molecule has 25 heavy (non-hydrogen) atoms. The zero-order chi connectivity index (χ0) is 19.4. The summed E-state index contributed by atoms with van der Waals surface area (Å²) in [5.41, 5.74) is -0.436. The van der Waals surface area contributed by atoms with E-state index in [1.807, 2.05) is 0 Å². The number of carbonyl (C=O) groups is 1. The average molecular weight is 428 g/mol. The van der Waals surface area contributed by atoms with Gasteiger partial charge in [-0.05, 0) is 18.3 Å². The number of nitrogens with one attached hydrogen (secondary N) is 3. The number of non-ortho nitro benzene ring substituents is 1. The van der Waals surface area contributed by atoms with Crippen molar-refractivity contribution in [1.82, 2.24) is 10.6 Å². The number of carbonyl (C=O) groups excluding carboxylic acids is 1. The second kappa shape index (κ2) is 8.35. The lowest BCUT2D eigenvalue weighted by molar-refractivity contribution is -0.384. The van der Waals surface area contributed by atoms with Gasteiger partial charge in [-0.1, -0.05) is 61.6 Å². The lowest BCUT2D eigenvalue weighted by atomic mass is 9.95. The molecule has 0 aliphatic carbocycles. The SMILES string of the molecule is CC(C)(C)C(=O)N[C@H](NC(=S)Nc1cccc([N+](=O)[O-])c1)C(Cl)(Cl)Cl. The predicted molar refractivity (Wildman–Crippen MR) is 104 cm³/mol. The van der Waals surface area contributed by atoms with Crippen LogP contribution in [0, 0.1) is 15.5 Å². The summed E-state index contributed by atoms with van der Waals surface area (Å²) in [6.45, 7) is 5.12. The summed E-state index contributed by atoms with van der Waals surface area (Å²) in [6.07, 6.45) is -1.11. The molecular formula is C14H17Cl3N4O3S. The normalized spacial score (nSPS) is 12.9. The summed E-state index contributed by atoms with van der Waals surface area (Å²) in [6, 6.07) is 5.72. The van der Waals surface area contributed by atoms with Gasteiger partial charge in [0.25, 0.3) is 5.69 Å². The molecule has 0 saturated carbocycles. The molecule has 3 N–H and O–H groups in total. The van der Waals surface area contributed by atoms with Gasteiger partial charge in [-0.2, -0.15) is 0 Å². The second-order valence-electron chi connectivity index (χ2n) is 6.10. The van der Waals surface area contributed by atoms with Gasteiger partial charge in [0.15, 0.2) is 5.11 Å². The lowest BCUT2D eigenvalue weighted by Gasteiger charge is -2.30. The highest BCUT2D eigenvalue weighted by molar-refractivity contribution is 7.80. The summed E-state index contributed by atoms with van der Waals surface area (Å²) < 4.78 is -1.88. The highest BCUT2D eigenvalue weighted by Crippen LogP contribution is 2.30. The van der Waals surface area contributed by atoms with Crippen LogP contribution >= 0.6 is 47.0 Å². The van der Waals surface area contributed by atoms with Crippen LogP contribution in [0.2, 0.25) is 0 Å². The van der Waals surface area contributed by atoms with E-state index in [0.717, 1.165) is 0 Å². The third-order valence-corrected chi connectivity index (χ3v) is 3.75. The second-order valence-corrected chi connectivity index (χ2v) is 8.88. The molecule has 0 aliphatic heterocycles. The Hall–Kier alpha value is -1.35. The fourth-order valence-electron chi connectivity index (χ4n) is 1.54. The molecule has 138 valence electrons. The van der Waals surface area contributed by atoms with Crippen LogP contribution in [0.15, 0.2) is 24.3 Å². The number of nitro groups is 1. The zero-order valence-corrected chi connectivity index (χ0v) is 16.7. The van der Waals surface area contributed by atoms with Gasteiger partial charge in [-0.15, -0.1) is 0 Å². The van der Waals surface area contributed by atoms with E-state index in [4.69, 9.17) is 47.0 Å². The van der Waals surface area contributed by atoms with Crippen LogP contribution in [0.1, 0.15) is 20.8 Å². The summed E-state index contributed by atoms with van der Waals surface area (Å²) >= 11 is 22.8. The van der Waals surface area contributed by atoms with Crippen LogP contribution in [-0.2, 0) is 4.79 Å². The van der Waals surface area contributed by atoms with Crippen molar-refractivity contribution in [2.45, 2.75) is 30.7 Å². The number of nitro benzene ring substituents is 1. The molecule has 0 radical (unpaired) electrons. The molecule has 1 amide bonds. The van der Waals surface area contributed by atoms with Gasteiger partial charge in [-0.25, -0.2) is 0 Å². The monoisotopic (exact) mass is 426 g/mol. The van der Waals surface area contributed by atoms with Crippen LogP contribution in [0.5, 0.6) is 0 Å². The van der Waals surface area contributed by atoms with E-state index < -0.39 is 20.3 Å². The van der Waals surface area contributed by atoms with Crippen molar-refractivity contribution in [2.24, 2.45) is 5.41 Å². The quantitative estimate of drug-likeness (QED) is 0.223. The molecule has 0 aromatic heterocycles. The van der Waals surface area contributed by atoms with Crippen LogP contribution in [0.4, 0.5) is 11.4 Å². The smallest absolute Gasteiger partial charge is 0.271 e. The number of hydrogen-bond donors (Lipinski definition) is 3. The molecule has 0 aliphatic rings. The largest absolute Gasteiger partial charge is 0.339 e. The molecule has 0 unspecified atom stereocenters. The first-order chi connectivity index (χ1) is 11.3. The third kappa shape index (κ3) is 7.19. The fourth-order valence-corrected chi connectivity index (χ4v) is 2.11. The Morgan fingerprint density at radius 1 is 1.24 bits per heavy atom. The first-order valence-corrected chi connectivity index (χ1v) is 8.54. The van der Waals surface area contributed by atoms with Gasteiger partial charge in [0.05, 0.1) is 4.92 Å². The highest BCUT2D eigenvalue weighted by Gasteiger charge is 2.36. The van der Waals surface area contributed by atoms with Crippen LogP contribution in [-0.4, -0.2) is 25.9 Å². The third-order valence-electron chi connectivity index (χ3n) is 2.87.